The van der Waals surface area contributed by atoms with Crippen LogP contribution in [0.4, 0.5) is 21.5 Å². The molecule has 2 aliphatic heterocycles. The van der Waals surface area contributed by atoms with Gasteiger partial charge in [-0.15, -0.1) is 11.8 Å². The van der Waals surface area contributed by atoms with Crippen LogP contribution < -0.4 is 19.9 Å². The lowest BCUT2D eigenvalue weighted by Crippen LogP contribution is -2.50. The van der Waals surface area contributed by atoms with Crippen molar-refractivity contribution in [3.8, 4) is 5.75 Å². The summed E-state index contributed by atoms with van der Waals surface area (Å²) >= 11 is 1.21. The maximum absolute atomic E-state index is 13.9. The van der Waals surface area contributed by atoms with Crippen molar-refractivity contribution < 1.29 is 23.5 Å². The fraction of sp³-hybridized carbons (Fsp3) is 0.192. The molecular weight excluding hydrogens is 469 g/mol. The van der Waals surface area contributed by atoms with Crippen LogP contribution in [-0.4, -0.2) is 36.6 Å². The molecular formula is C26H22FN3O4S. The minimum atomic E-state index is -1.36. The van der Waals surface area contributed by atoms with Gasteiger partial charge in [-0.2, -0.15) is 0 Å². The van der Waals surface area contributed by atoms with Gasteiger partial charge in [0.25, 0.3) is 5.91 Å². The molecule has 0 unspecified atom stereocenters. The van der Waals surface area contributed by atoms with Crippen LogP contribution in [-0.2, 0) is 19.3 Å². The van der Waals surface area contributed by atoms with E-state index < -0.39 is 10.7 Å². The molecule has 3 aromatic rings. The van der Waals surface area contributed by atoms with E-state index in [-0.39, 0.29) is 30.0 Å². The van der Waals surface area contributed by atoms with Crippen molar-refractivity contribution in [3.63, 3.8) is 0 Å². The van der Waals surface area contributed by atoms with Gasteiger partial charge in [-0.25, -0.2) is 4.39 Å². The molecule has 0 aliphatic carbocycles. The second-order valence-corrected chi connectivity index (χ2v) is 9.22. The molecule has 178 valence electrons. The fourth-order valence-corrected chi connectivity index (χ4v) is 5.81. The third-order valence-corrected chi connectivity index (χ3v) is 7.29. The molecule has 7 nitrogen and oxygen atoms in total. The topological polar surface area (TPSA) is 79.0 Å². The van der Waals surface area contributed by atoms with E-state index in [2.05, 4.69) is 5.32 Å². The Morgan fingerprint density at radius 1 is 1.06 bits per heavy atom. The summed E-state index contributed by atoms with van der Waals surface area (Å²) in [5.74, 6) is -0.681. The summed E-state index contributed by atoms with van der Waals surface area (Å²) in [7, 11) is 0. The van der Waals surface area contributed by atoms with Crippen LogP contribution in [0.2, 0.25) is 0 Å². The highest BCUT2D eigenvalue weighted by Gasteiger charge is 2.61. The highest BCUT2D eigenvalue weighted by molar-refractivity contribution is 8.02. The number of anilines is 3. The average Bonchev–Trinajstić information content (AvgIpc) is 3.32. The van der Waals surface area contributed by atoms with E-state index in [4.69, 9.17) is 4.74 Å². The van der Waals surface area contributed by atoms with Crippen molar-refractivity contribution >= 4 is 46.5 Å². The summed E-state index contributed by atoms with van der Waals surface area (Å²) < 4.78 is 19.0. The van der Waals surface area contributed by atoms with Gasteiger partial charge in [-0.05, 0) is 61.5 Å². The van der Waals surface area contributed by atoms with E-state index in [1.807, 2.05) is 6.92 Å². The first-order valence-electron chi connectivity index (χ1n) is 11.1. The molecule has 9 heteroatoms. The zero-order chi connectivity index (χ0) is 24.6. The Kier molecular flexibility index (Phi) is 5.94. The summed E-state index contributed by atoms with van der Waals surface area (Å²) in [6, 6.07) is 19.6. The number of fused-ring (bicyclic) bond motifs is 2. The highest BCUT2D eigenvalue weighted by Crippen LogP contribution is 2.55. The van der Waals surface area contributed by atoms with Crippen molar-refractivity contribution in [1.82, 2.24) is 0 Å². The van der Waals surface area contributed by atoms with E-state index in [0.717, 1.165) is 0 Å². The second-order valence-electron chi connectivity index (χ2n) is 8.05. The molecule has 5 rings (SSSR count). The SMILES string of the molecule is CCOc1ccc(NC(=O)CN2C(=O)[C@]3(SCC(=O)N3c3ccc(F)cc3)c3ccccc32)cc1. The number of hydrogen-bond acceptors (Lipinski definition) is 5. The van der Waals surface area contributed by atoms with Gasteiger partial charge in [0.2, 0.25) is 16.7 Å². The summed E-state index contributed by atoms with van der Waals surface area (Å²) in [6.45, 7) is 2.21. The number of hydrogen-bond donors (Lipinski definition) is 1. The van der Waals surface area contributed by atoms with Gasteiger partial charge < -0.3 is 10.1 Å². The number of nitrogens with one attached hydrogen (secondary N) is 1. The van der Waals surface area contributed by atoms with Crippen molar-refractivity contribution in [2.45, 2.75) is 11.8 Å². The lowest BCUT2D eigenvalue weighted by Gasteiger charge is -2.33. The minimum absolute atomic E-state index is 0.0870. The third-order valence-electron chi connectivity index (χ3n) is 5.90. The Balaban J connectivity index is 1.45. The van der Waals surface area contributed by atoms with Crippen molar-refractivity contribution in [3.05, 3.63) is 84.2 Å². The first kappa shape index (κ1) is 22.9. The van der Waals surface area contributed by atoms with Crippen LogP contribution in [0.1, 0.15) is 12.5 Å². The van der Waals surface area contributed by atoms with Gasteiger partial charge in [0.15, 0.2) is 0 Å². The van der Waals surface area contributed by atoms with E-state index in [1.165, 1.54) is 45.8 Å². The zero-order valence-electron chi connectivity index (χ0n) is 18.9. The fourth-order valence-electron chi connectivity index (χ4n) is 4.45. The van der Waals surface area contributed by atoms with Crippen molar-refractivity contribution in [2.75, 3.05) is 34.0 Å². The standard InChI is InChI=1S/C26H22FN3O4S/c1-2-34-20-13-9-18(10-14-20)28-23(31)15-29-22-6-4-3-5-21(22)26(25(29)33)30(24(32)16-35-26)19-11-7-17(27)8-12-19/h3-14H,2,15-16H2,1H3,(H,28,31)/t26-/m1/s1. The molecule has 1 saturated heterocycles. The van der Waals surface area contributed by atoms with E-state index >= 15 is 0 Å². The Morgan fingerprint density at radius 2 is 1.77 bits per heavy atom. The van der Waals surface area contributed by atoms with Gasteiger partial charge >= 0.3 is 0 Å². The molecule has 1 spiro atoms. The van der Waals surface area contributed by atoms with Gasteiger partial charge in [0.1, 0.15) is 18.1 Å². The molecule has 0 radical (unpaired) electrons. The number of nitrogens with zero attached hydrogens (tertiary/aromatic N) is 2. The molecule has 2 aliphatic rings. The predicted octanol–water partition coefficient (Wildman–Crippen LogP) is 4.14. The smallest absolute Gasteiger partial charge is 0.269 e. The Labute approximate surface area is 205 Å². The largest absolute Gasteiger partial charge is 0.494 e. The molecule has 1 N–H and O–H groups in total. The number of rotatable bonds is 6. The normalized spacial score (nSPS) is 18.8. The Morgan fingerprint density at radius 3 is 2.49 bits per heavy atom. The summed E-state index contributed by atoms with van der Waals surface area (Å²) in [4.78, 5) is 41.3. The minimum Gasteiger partial charge on any atom is -0.494 e. The summed E-state index contributed by atoms with van der Waals surface area (Å²) in [5.41, 5.74) is 2.18. The number of benzene rings is 3. The van der Waals surface area contributed by atoms with Gasteiger partial charge in [0.05, 0.1) is 18.0 Å². The predicted molar refractivity (Wildman–Crippen MR) is 133 cm³/mol. The van der Waals surface area contributed by atoms with Crippen LogP contribution in [0, 0.1) is 5.82 Å². The number of halogens is 1. The molecule has 1 fully saturated rings. The number of carbonyl (C=O) groups excluding carboxylic acids is 3. The molecule has 3 aromatic carbocycles. The number of amides is 3. The summed E-state index contributed by atoms with van der Waals surface area (Å²) in [6.07, 6.45) is 0. The third kappa shape index (κ3) is 3.91. The van der Waals surface area contributed by atoms with Crippen LogP contribution in [0.3, 0.4) is 0 Å². The average molecular weight is 492 g/mol. The highest BCUT2D eigenvalue weighted by atomic mass is 32.2. The lowest BCUT2D eigenvalue weighted by molar-refractivity contribution is -0.124. The van der Waals surface area contributed by atoms with E-state index in [9.17, 15) is 18.8 Å². The maximum Gasteiger partial charge on any atom is 0.269 e. The Hall–Kier alpha value is -3.85. The quantitative estimate of drug-likeness (QED) is 0.561. The number of ether oxygens (including phenoxy) is 1. The van der Waals surface area contributed by atoms with Gasteiger partial charge in [-0.3, -0.25) is 24.2 Å². The monoisotopic (exact) mass is 491 g/mol. The maximum atomic E-state index is 13.9. The second kappa shape index (κ2) is 9.07. The molecule has 0 saturated carbocycles. The molecule has 1 atom stereocenters. The van der Waals surface area contributed by atoms with Crippen LogP contribution in [0.15, 0.2) is 72.8 Å². The van der Waals surface area contributed by atoms with Gasteiger partial charge in [0, 0.05) is 16.9 Å². The van der Waals surface area contributed by atoms with E-state index in [0.29, 0.717) is 35.0 Å². The van der Waals surface area contributed by atoms with Crippen LogP contribution in [0.25, 0.3) is 0 Å². The lowest BCUT2D eigenvalue weighted by atomic mass is 10.0. The molecule has 35 heavy (non-hydrogen) atoms. The zero-order valence-corrected chi connectivity index (χ0v) is 19.7. The Bertz CT molecular complexity index is 1300. The molecule has 0 aromatic heterocycles. The first-order valence-corrected chi connectivity index (χ1v) is 12.1. The van der Waals surface area contributed by atoms with E-state index in [1.54, 1.807) is 48.5 Å². The number of para-hydroxylation sites is 1. The number of carbonyl (C=O) groups is 3. The van der Waals surface area contributed by atoms with Crippen molar-refractivity contribution in [1.29, 1.82) is 0 Å². The van der Waals surface area contributed by atoms with Gasteiger partial charge in [-0.1, -0.05) is 18.2 Å². The van der Waals surface area contributed by atoms with Crippen LogP contribution in [0.5, 0.6) is 5.75 Å². The van der Waals surface area contributed by atoms with Crippen LogP contribution >= 0.6 is 11.8 Å². The summed E-state index contributed by atoms with van der Waals surface area (Å²) in [5, 5.41) is 2.81. The van der Waals surface area contributed by atoms with Crippen molar-refractivity contribution in [2.24, 2.45) is 0 Å². The number of thioether (sulfide) groups is 1. The molecule has 2 heterocycles. The molecule has 3 amide bonds. The first-order chi connectivity index (χ1) is 16.9. The molecule has 0 bridgehead atoms.